The van der Waals surface area contributed by atoms with Gasteiger partial charge in [-0.3, -0.25) is 5.10 Å². The van der Waals surface area contributed by atoms with E-state index in [1.165, 1.54) is 0 Å². The quantitative estimate of drug-likeness (QED) is 0.749. The Labute approximate surface area is 107 Å². The summed E-state index contributed by atoms with van der Waals surface area (Å²) < 4.78 is 5.17. The van der Waals surface area contributed by atoms with Crippen molar-refractivity contribution in [2.45, 2.75) is 45.8 Å². The van der Waals surface area contributed by atoms with Crippen molar-refractivity contribution in [3.05, 3.63) is 18.0 Å². The van der Waals surface area contributed by atoms with E-state index < -0.39 is 17.2 Å². The third-order valence-corrected chi connectivity index (χ3v) is 1.83. The molecule has 0 saturated heterocycles. The number of aromatic amines is 1. The molecule has 0 unspecified atom stereocenters. The summed E-state index contributed by atoms with van der Waals surface area (Å²) in [6.07, 6.45) is 2.83. The third-order valence-electron chi connectivity index (χ3n) is 1.83. The molecule has 0 saturated carbocycles. The second-order valence-corrected chi connectivity index (χ2v) is 5.49. The first-order valence-corrected chi connectivity index (χ1v) is 5.71. The number of carbonyl (C=O) groups is 1. The summed E-state index contributed by atoms with van der Waals surface area (Å²) in [5.74, 6) is 5.88. The Morgan fingerprint density at radius 1 is 1.39 bits per heavy atom. The zero-order valence-corrected chi connectivity index (χ0v) is 11.4. The molecule has 5 heteroatoms. The molecule has 5 nitrogen and oxygen atoms in total. The first kappa shape index (κ1) is 14.1. The van der Waals surface area contributed by atoms with E-state index in [2.05, 4.69) is 27.4 Å². The molecule has 0 aliphatic carbocycles. The Balaban J connectivity index is 2.62. The Hall–Kier alpha value is -1.96. The van der Waals surface area contributed by atoms with Crippen LogP contribution < -0.4 is 5.32 Å². The van der Waals surface area contributed by atoms with E-state index in [-0.39, 0.29) is 0 Å². The maximum Gasteiger partial charge on any atom is 0.408 e. The predicted molar refractivity (Wildman–Crippen MR) is 68.9 cm³/mol. The van der Waals surface area contributed by atoms with Crippen molar-refractivity contribution in [3.8, 4) is 11.8 Å². The Kier molecular flexibility index (Phi) is 4.02. The molecule has 0 radical (unpaired) electrons. The number of amides is 1. The first-order valence-electron chi connectivity index (χ1n) is 5.71. The highest BCUT2D eigenvalue weighted by Crippen LogP contribution is 2.09. The highest BCUT2D eigenvalue weighted by atomic mass is 16.6. The van der Waals surface area contributed by atoms with Gasteiger partial charge in [0.15, 0.2) is 0 Å². The van der Waals surface area contributed by atoms with Gasteiger partial charge >= 0.3 is 6.09 Å². The summed E-state index contributed by atoms with van der Waals surface area (Å²) in [6, 6.07) is 0. The molecule has 1 heterocycles. The zero-order chi connectivity index (χ0) is 13.8. The van der Waals surface area contributed by atoms with Crippen molar-refractivity contribution in [2.24, 2.45) is 0 Å². The SMILES string of the molecule is CC(C)(C#Cc1cn[nH]c1)NC(=O)OC(C)(C)C. The maximum absolute atomic E-state index is 11.6. The van der Waals surface area contributed by atoms with Crippen LogP contribution in [0.2, 0.25) is 0 Å². The number of H-pyrrole nitrogens is 1. The number of ether oxygens (including phenoxy) is 1. The fourth-order valence-corrected chi connectivity index (χ4v) is 1.14. The fraction of sp³-hybridized carbons (Fsp3) is 0.538. The molecular weight excluding hydrogens is 230 g/mol. The van der Waals surface area contributed by atoms with Crippen molar-refractivity contribution in [1.82, 2.24) is 15.5 Å². The summed E-state index contributed by atoms with van der Waals surface area (Å²) in [4.78, 5) is 11.6. The maximum atomic E-state index is 11.6. The Bertz CT molecular complexity index is 459. The Morgan fingerprint density at radius 2 is 2.06 bits per heavy atom. The van der Waals surface area contributed by atoms with Crippen LogP contribution in [-0.4, -0.2) is 27.4 Å². The summed E-state index contributed by atoms with van der Waals surface area (Å²) in [7, 11) is 0. The zero-order valence-electron chi connectivity index (χ0n) is 11.4. The molecule has 0 aromatic carbocycles. The minimum Gasteiger partial charge on any atom is -0.444 e. The van der Waals surface area contributed by atoms with Crippen LogP contribution in [-0.2, 0) is 4.74 Å². The largest absolute Gasteiger partial charge is 0.444 e. The van der Waals surface area contributed by atoms with Crippen LogP contribution in [0.15, 0.2) is 12.4 Å². The van der Waals surface area contributed by atoms with Crippen molar-refractivity contribution in [2.75, 3.05) is 0 Å². The molecule has 0 aliphatic heterocycles. The minimum atomic E-state index is -0.667. The number of nitrogens with one attached hydrogen (secondary N) is 2. The highest BCUT2D eigenvalue weighted by molar-refractivity contribution is 5.69. The molecular formula is C13H19N3O2. The molecule has 0 spiro atoms. The summed E-state index contributed by atoms with van der Waals surface area (Å²) in [5, 5.41) is 9.18. The van der Waals surface area contributed by atoms with Crippen LogP contribution in [0.1, 0.15) is 40.2 Å². The average Bonchev–Trinajstić information content (AvgIpc) is 2.62. The lowest BCUT2D eigenvalue weighted by molar-refractivity contribution is 0.0494. The van der Waals surface area contributed by atoms with Gasteiger partial charge in [-0.05, 0) is 34.6 Å². The summed E-state index contributed by atoms with van der Waals surface area (Å²) in [5.41, 5.74) is -0.411. The van der Waals surface area contributed by atoms with Gasteiger partial charge in [-0.25, -0.2) is 4.79 Å². The minimum absolute atomic E-state index is 0.478. The molecule has 0 aliphatic rings. The van der Waals surface area contributed by atoms with Gasteiger partial charge in [-0.2, -0.15) is 5.10 Å². The summed E-state index contributed by atoms with van der Waals surface area (Å²) >= 11 is 0. The van der Waals surface area contributed by atoms with E-state index in [1.54, 1.807) is 12.4 Å². The topological polar surface area (TPSA) is 67.0 Å². The molecule has 0 bridgehead atoms. The predicted octanol–water partition coefficient (Wildman–Crippen LogP) is 2.06. The normalized spacial score (nSPS) is 11.4. The molecule has 1 aromatic rings. The molecule has 0 fully saturated rings. The number of nitrogens with zero attached hydrogens (tertiary/aromatic N) is 1. The standard InChI is InChI=1S/C13H19N3O2/c1-12(2,3)18-11(17)16-13(4,5)7-6-10-8-14-15-9-10/h8-9H,1-5H3,(H,14,15)(H,16,17). The number of aromatic nitrogens is 2. The van der Waals surface area contributed by atoms with Gasteiger partial charge in [-0.1, -0.05) is 11.8 Å². The third kappa shape index (κ3) is 5.39. The molecule has 18 heavy (non-hydrogen) atoms. The summed E-state index contributed by atoms with van der Waals surface area (Å²) in [6.45, 7) is 9.07. The van der Waals surface area contributed by atoms with Crippen molar-refractivity contribution < 1.29 is 9.53 Å². The van der Waals surface area contributed by atoms with Crippen molar-refractivity contribution in [1.29, 1.82) is 0 Å². The van der Waals surface area contributed by atoms with Crippen LogP contribution in [0, 0.1) is 11.8 Å². The van der Waals surface area contributed by atoms with Gasteiger partial charge in [0.2, 0.25) is 0 Å². The molecule has 98 valence electrons. The van der Waals surface area contributed by atoms with E-state index in [9.17, 15) is 4.79 Å². The number of rotatable bonds is 1. The van der Waals surface area contributed by atoms with Crippen LogP contribution in [0.4, 0.5) is 4.79 Å². The second-order valence-electron chi connectivity index (χ2n) is 5.49. The van der Waals surface area contributed by atoms with Crippen molar-refractivity contribution in [3.63, 3.8) is 0 Å². The lowest BCUT2D eigenvalue weighted by Crippen LogP contribution is -2.44. The molecule has 1 aromatic heterocycles. The van der Waals surface area contributed by atoms with Crippen LogP contribution >= 0.6 is 0 Å². The van der Waals surface area contributed by atoms with Gasteiger partial charge in [0.1, 0.15) is 5.60 Å². The monoisotopic (exact) mass is 249 g/mol. The number of hydrogen-bond donors (Lipinski definition) is 2. The van der Waals surface area contributed by atoms with Crippen LogP contribution in [0.5, 0.6) is 0 Å². The van der Waals surface area contributed by atoms with Gasteiger partial charge < -0.3 is 10.1 Å². The fourth-order valence-electron chi connectivity index (χ4n) is 1.14. The van der Waals surface area contributed by atoms with Crippen LogP contribution in [0.3, 0.4) is 0 Å². The average molecular weight is 249 g/mol. The molecule has 1 amide bonds. The van der Waals surface area contributed by atoms with E-state index in [0.29, 0.717) is 0 Å². The second kappa shape index (κ2) is 5.13. The lowest BCUT2D eigenvalue weighted by Gasteiger charge is -2.24. The lowest BCUT2D eigenvalue weighted by atomic mass is 10.1. The van der Waals surface area contributed by atoms with E-state index in [1.807, 2.05) is 34.6 Å². The van der Waals surface area contributed by atoms with E-state index in [0.717, 1.165) is 5.56 Å². The van der Waals surface area contributed by atoms with E-state index >= 15 is 0 Å². The van der Waals surface area contributed by atoms with Gasteiger partial charge in [-0.15, -0.1) is 0 Å². The number of hydrogen-bond acceptors (Lipinski definition) is 3. The molecule has 1 rings (SSSR count). The Morgan fingerprint density at radius 3 is 2.56 bits per heavy atom. The first-order chi connectivity index (χ1) is 8.18. The van der Waals surface area contributed by atoms with Gasteiger partial charge in [0, 0.05) is 6.20 Å². The number of alkyl carbamates (subject to hydrolysis) is 1. The molecule has 0 atom stereocenters. The smallest absolute Gasteiger partial charge is 0.408 e. The molecule has 2 N–H and O–H groups in total. The van der Waals surface area contributed by atoms with Gasteiger partial charge in [0.05, 0.1) is 17.3 Å². The van der Waals surface area contributed by atoms with Crippen LogP contribution in [0.25, 0.3) is 0 Å². The van der Waals surface area contributed by atoms with Crippen molar-refractivity contribution >= 4 is 6.09 Å². The number of carbonyl (C=O) groups excluding carboxylic acids is 1. The highest BCUT2D eigenvalue weighted by Gasteiger charge is 2.22. The van der Waals surface area contributed by atoms with E-state index in [4.69, 9.17) is 4.74 Å². The van der Waals surface area contributed by atoms with Gasteiger partial charge in [0.25, 0.3) is 0 Å².